The molecular weight excluding hydrogens is 415 g/mol. The fourth-order valence-corrected chi connectivity index (χ4v) is 6.52. The van der Waals surface area contributed by atoms with Crippen molar-refractivity contribution in [2.24, 2.45) is 11.3 Å². The van der Waals surface area contributed by atoms with Crippen LogP contribution in [0.15, 0.2) is 36.4 Å². The summed E-state index contributed by atoms with van der Waals surface area (Å²) < 4.78 is 15.6. The fraction of sp³-hybridized carbons (Fsp3) is 0.536. The molecule has 0 unspecified atom stereocenters. The standard InChI is InChI=1S/C28H35FN2O2/c1-4-18-6-5-7-20(14-18)22-15-21-8-11-28(2,3)26(23(21)16-24(22)29)31(27(32)33)25-17-30-12-9-19(25)10-13-30/h5-7,14-16,19,25-26H,4,8-13,17H2,1-3H3,(H,32,33)/t25-,26+/m1/s1. The number of hydrogen-bond donors (Lipinski definition) is 1. The first-order chi connectivity index (χ1) is 15.8. The van der Waals surface area contributed by atoms with E-state index in [1.54, 1.807) is 11.0 Å². The van der Waals surface area contributed by atoms with Crippen LogP contribution in [-0.4, -0.2) is 46.7 Å². The van der Waals surface area contributed by atoms with Crippen LogP contribution < -0.4 is 0 Å². The van der Waals surface area contributed by atoms with Crippen molar-refractivity contribution in [2.75, 3.05) is 19.6 Å². The van der Waals surface area contributed by atoms with Gasteiger partial charge in [-0.1, -0.05) is 45.0 Å². The van der Waals surface area contributed by atoms with Gasteiger partial charge in [-0.25, -0.2) is 9.18 Å². The predicted octanol–water partition coefficient (Wildman–Crippen LogP) is 6.14. The third kappa shape index (κ3) is 3.95. The van der Waals surface area contributed by atoms with E-state index in [0.717, 1.165) is 68.4 Å². The number of nitrogens with zero attached hydrogens (tertiary/aromatic N) is 2. The molecule has 1 N–H and O–H groups in total. The van der Waals surface area contributed by atoms with Crippen molar-refractivity contribution in [3.63, 3.8) is 0 Å². The molecule has 0 spiro atoms. The molecule has 3 aliphatic heterocycles. The van der Waals surface area contributed by atoms with Gasteiger partial charge in [0.1, 0.15) is 5.82 Å². The number of aryl methyl sites for hydroxylation is 2. The van der Waals surface area contributed by atoms with Gasteiger partial charge in [-0.3, -0.25) is 4.90 Å². The second-order valence-corrected chi connectivity index (χ2v) is 10.9. The average Bonchev–Trinajstić information content (AvgIpc) is 2.81. The van der Waals surface area contributed by atoms with E-state index in [1.807, 2.05) is 18.2 Å². The number of carboxylic acid groups (broad SMARTS) is 1. The quantitative estimate of drug-likeness (QED) is 0.608. The summed E-state index contributed by atoms with van der Waals surface area (Å²) in [5.74, 6) is 0.136. The molecule has 0 saturated carbocycles. The van der Waals surface area contributed by atoms with Crippen molar-refractivity contribution < 1.29 is 14.3 Å². The molecule has 0 aromatic heterocycles. The van der Waals surface area contributed by atoms with Crippen LogP contribution in [0.2, 0.25) is 0 Å². The van der Waals surface area contributed by atoms with Crippen LogP contribution in [0, 0.1) is 17.2 Å². The largest absolute Gasteiger partial charge is 0.465 e. The van der Waals surface area contributed by atoms with Crippen LogP contribution in [0.3, 0.4) is 0 Å². The van der Waals surface area contributed by atoms with Crippen LogP contribution in [0.5, 0.6) is 0 Å². The fourth-order valence-electron chi connectivity index (χ4n) is 6.52. The molecule has 33 heavy (non-hydrogen) atoms. The third-order valence-electron chi connectivity index (χ3n) is 8.43. The van der Waals surface area contributed by atoms with Gasteiger partial charge in [-0.2, -0.15) is 0 Å². The molecule has 6 rings (SSSR count). The van der Waals surface area contributed by atoms with Crippen molar-refractivity contribution >= 4 is 6.09 Å². The highest BCUT2D eigenvalue weighted by Crippen LogP contribution is 2.50. The summed E-state index contributed by atoms with van der Waals surface area (Å²) in [7, 11) is 0. The van der Waals surface area contributed by atoms with Gasteiger partial charge in [0, 0.05) is 12.1 Å². The van der Waals surface area contributed by atoms with Crippen molar-refractivity contribution in [1.82, 2.24) is 9.80 Å². The first kappa shape index (κ1) is 22.4. The number of amides is 1. The van der Waals surface area contributed by atoms with Gasteiger partial charge >= 0.3 is 6.09 Å². The van der Waals surface area contributed by atoms with E-state index < -0.39 is 6.09 Å². The molecule has 4 aliphatic rings. The van der Waals surface area contributed by atoms with Gasteiger partial charge in [-0.15, -0.1) is 0 Å². The molecule has 2 aromatic rings. The van der Waals surface area contributed by atoms with Gasteiger partial charge in [0.05, 0.1) is 12.1 Å². The van der Waals surface area contributed by atoms with Crippen LogP contribution in [0.25, 0.3) is 11.1 Å². The van der Waals surface area contributed by atoms with Crippen LogP contribution in [0.1, 0.15) is 62.8 Å². The van der Waals surface area contributed by atoms with E-state index in [4.69, 9.17) is 0 Å². The molecule has 1 amide bonds. The molecule has 2 aromatic carbocycles. The monoisotopic (exact) mass is 450 g/mol. The molecule has 3 fully saturated rings. The van der Waals surface area contributed by atoms with E-state index in [-0.39, 0.29) is 23.3 Å². The summed E-state index contributed by atoms with van der Waals surface area (Å²) in [6.45, 7) is 9.32. The molecule has 5 heteroatoms. The maximum Gasteiger partial charge on any atom is 0.408 e. The second-order valence-electron chi connectivity index (χ2n) is 10.9. The van der Waals surface area contributed by atoms with E-state index in [2.05, 4.69) is 37.8 Å². The lowest BCUT2D eigenvalue weighted by molar-refractivity contribution is -0.0353. The van der Waals surface area contributed by atoms with Crippen molar-refractivity contribution in [3.8, 4) is 11.1 Å². The second kappa shape index (κ2) is 8.43. The number of carbonyl (C=O) groups is 1. The van der Waals surface area contributed by atoms with Crippen LogP contribution in [0.4, 0.5) is 9.18 Å². The summed E-state index contributed by atoms with van der Waals surface area (Å²) in [5, 5.41) is 10.4. The van der Waals surface area contributed by atoms with Gasteiger partial charge in [0.15, 0.2) is 0 Å². The maximum absolute atomic E-state index is 15.6. The lowest BCUT2D eigenvalue weighted by atomic mass is 9.68. The minimum atomic E-state index is -0.875. The summed E-state index contributed by atoms with van der Waals surface area (Å²) in [6.07, 6.45) is 3.86. The number of rotatable bonds is 4. The zero-order valence-corrected chi connectivity index (χ0v) is 20.0. The Labute approximate surface area is 196 Å². The number of fused-ring (bicyclic) bond motifs is 4. The van der Waals surface area contributed by atoms with Crippen LogP contribution in [-0.2, 0) is 12.8 Å². The zero-order chi connectivity index (χ0) is 23.3. The maximum atomic E-state index is 15.6. The Kier molecular flexibility index (Phi) is 5.72. The molecular formula is C28H35FN2O2. The van der Waals surface area contributed by atoms with Gasteiger partial charge in [0.2, 0.25) is 0 Å². The Morgan fingerprint density at radius 1 is 1.21 bits per heavy atom. The van der Waals surface area contributed by atoms with E-state index in [1.165, 1.54) is 5.56 Å². The summed E-state index contributed by atoms with van der Waals surface area (Å²) in [4.78, 5) is 16.8. The molecule has 4 nitrogen and oxygen atoms in total. The summed E-state index contributed by atoms with van der Waals surface area (Å²) in [5.41, 5.74) is 4.38. The topological polar surface area (TPSA) is 43.8 Å². The molecule has 2 atom stereocenters. The highest BCUT2D eigenvalue weighted by molar-refractivity contribution is 5.69. The smallest absolute Gasteiger partial charge is 0.408 e. The van der Waals surface area contributed by atoms with Crippen molar-refractivity contribution in [1.29, 1.82) is 0 Å². The number of piperidine rings is 3. The SMILES string of the molecule is CCc1cccc(-c2cc3c(cc2F)[C@H](N(C(=O)O)[C@@H]2CN4CCC2CC4)C(C)(C)CC3)c1. The first-order valence-electron chi connectivity index (χ1n) is 12.4. The Hall–Kier alpha value is -2.40. The molecule has 176 valence electrons. The Bertz CT molecular complexity index is 1060. The molecule has 3 heterocycles. The van der Waals surface area contributed by atoms with E-state index >= 15 is 4.39 Å². The number of halogens is 1. The number of benzene rings is 2. The van der Waals surface area contributed by atoms with Gasteiger partial charge in [-0.05, 0) is 90.9 Å². The van der Waals surface area contributed by atoms with Gasteiger partial charge in [0.25, 0.3) is 0 Å². The molecule has 2 bridgehead atoms. The first-order valence-corrected chi connectivity index (χ1v) is 12.4. The van der Waals surface area contributed by atoms with Crippen molar-refractivity contribution in [2.45, 2.75) is 65.0 Å². The molecule has 1 aliphatic carbocycles. The Balaban J connectivity index is 1.59. The highest BCUT2D eigenvalue weighted by Gasteiger charge is 2.48. The van der Waals surface area contributed by atoms with E-state index in [9.17, 15) is 9.90 Å². The minimum Gasteiger partial charge on any atom is -0.465 e. The van der Waals surface area contributed by atoms with E-state index in [0.29, 0.717) is 11.5 Å². The average molecular weight is 451 g/mol. The Morgan fingerprint density at radius 3 is 2.61 bits per heavy atom. The lowest BCUT2D eigenvalue weighted by Crippen LogP contribution is -2.61. The third-order valence-corrected chi connectivity index (χ3v) is 8.43. The summed E-state index contributed by atoms with van der Waals surface area (Å²) >= 11 is 0. The minimum absolute atomic E-state index is 0.0239. The number of hydrogen-bond acceptors (Lipinski definition) is 2. The van der Waals surface area contributed by atoms with Crippen LogP contribution >= 0.6 is 0 Å². The van der Waals surface area contributed by atoms with Gasteiger partial charge < -0.3 is 10.0 Å². The normalized spacial score (nSPS) is 27.8. The predicted molar refractivity (Wildman–Crippen MR) is 129 cm³/mol. The lowest BCUT2D eigenvalue weighted by Gasteiger charge is -2.54. The summed E-state index contributed by atoms with van der Waals surface area (Å²) in [6, 6.07) is 11.3. The zero-order valence-electron chi connectivity index (χ0n) is 20.0. The highest BCUT2D eigenvalue weighted by atomic mass is 19.1. The Morgan fingerprint density at radius 2 is 1.97 bits per heavy atom. The molecule has 0 radical (unpaired) electrons. The molecule has 3 saturated heterocycles. The van der Waals surface area contributed by atoms with Crippen molar-refractivity contribution in [3.05, 3.63) is 58.9 Å².